The summed E-state index contributed by atoms with van der Waals surface area (Å²) in [7, 11) is 1.53. The fourth-order valence-corrected chi connectivity index (χ4v) is 1.90. The summed E-state index contributed by atoms with van der Waals surface area (Å²) in [6.45, 7) is 0. The van der Waals surface area contributed by atoms with E-state index in [0.29, 0.717) is 22.4 Å². The smallest absolute Gasteiger partial charge is 0.238 e. The molecule has 2 rings (SSSR count). The highest BCUT2D eigenvalue weighted by Gasteiger charge is 2.04. The van der Waals surface area contributed by atoms with Crippen LogP contribution < -0.4 is 15.8 Å². The van der Waals surface area contributed by atoms with Crippen molar-refractivity contribution in [2.24, 2.45) is 0 Å². The second kappa shape index (κ2) is 5.46. The molecule has 0 fully saturated rings. The van der Waals surface area contributed by atoms with Gasteiger partial charge in [0.25, 0.3) is 0 Å². The zero-order valence-corrected chi connectivity index (χ0v) is 11.9. The molecule has 3 N–H and O–H groups in total. The highest BCUT2D eigenvalue weighted by atomic mass is 79.9. The van der Waals surface area contributed by atoms with Gasteiger partial charge in [0.2, 0.25) is 5.88 Å². The van der Waals surface area contributed by atoms with Crippen LogP contribution >= 0.6 is 27.5 Å². The second-order valence-electron chi connectivity index (χ2n) is 3.55. The second-order valence-corrected chi connectivity index (χ2v) is 4.81. The third kappa shape index (κ3) is 2.86. The number of pyridine rings is 1. The largest absolute Gasteiger partial charge is 0.479 e. The molecule has 6 heteroatoms. The van der Waals surface area contributed by atoms with E-state index in [1.54, 1.807) is 18.2 Å². The summed E-state index contributed by atoms with van der Waals surface area (Å²) >= 11 is 9.29. The number of ether oxygens (including phenoxy) is 1. The lowest BCUT2D eigenvalue weighted by Gasteiger charge is -2.09. The summed E-state index contributed by atoms with van der Waals surface area (Å²) in [6, 6.07) is 9.03. The van der Waals surface area contributed by atoms with Gasteiger partial charge in [0.15, 0.2) is 0 Å². The highest BCUT2D eigenvalue weighted by Crippen LogP contribution is 2.28. The fraction of sp³-hybridized carbons (Fsp3) is 0.0833. The molecule has 0 unspecified atom stereocenters. The average molecular weight is 329 g/mol. The van der Waals surface area contributed by atoms with Crippen LogP contribution in [0.2, 0.25) is 5.02 Å². The molecule has 0 spiro atoms. The van der Waals surface area contributed by atoms with Gasteiger partial charge in [-0.25, -0.2) is 0 Å². The SMILES string of the molecule is COc1nc(Nc2ccc(Cl)c(Br)c2)ccc1N. The summed E-state index contributed by atoms with van der Waals surface area (Å²) < 4.78 is 5.88. The van der Waals surface area contributed by atoms with E-state index in [4.69, 9.17) is 22.1 Å². The number of anilines is 3. The molecule has 1 aromatic heterocycles. The zero-order chi connectivity index (χ0) is 13.1. The molecule has 1 heterocycles. The first kappa shape index (κ1) is 13.0. The van der Waals surface area contributed by atoms with Crippen LogP contribution in [0, 0.1) is 0 Å². The zero-order valence-electron chi connectivity index (χ0n) is 9.58. The molecule has 0 aliphatic heterocycles. The number of nitrogens with zero attached hydrogens (tertiary/aromatic N) is 1. The number of halogens is 2. The normalized spacial score (nSPS) is 10.2. The molecule has 0 aliphatic carbocycles. The van der Waals surface area contributed by atoms with E-state index in [1.807, 2.05) is 12.1 Å². The first-order chi connectivity index (χ1) is 8.60. The molecule has 18 heavy (non-hydrogen) atoms. The van der Waals surface area contributed by atoms with Crippen LogP contribution in [0.25, 0.3) is 0 Å². The quantitative estimate of drug-likeness (QED) is 0.899. The van der Waals surface area contributed by atoms with Gasteiger partial charge >= 0.3 is 0 Å². The number of benzene rings is 1. The first-order valence-electron chi connectivity index (χ1n) is 5.12. The van der Waals surface area contributed by atoms with E-state index in [2.05, 4.69) is 26.2 Å². The van der Waals surface area contributed by atoms with Crippen LogP contribution in [0.15, 0.2) is 34.8 Å². The minimum Gasteiger partial charge on any atom is -0.479 e. The number of nitrogen functional groups attached to an aromatic ring is 1. The van der Waals surface area contributed by atoms with Gasteiger partial charge in [-0.2, -0.15) is 4.98 Å². The summed E-state index contributed by atoms with van der Waals surface area (Å²) in [5.41, 5.74) is 7.06. The number of hydrogen-bond donors (Lipinski definition) is 2. The van der Waals surface area contributed by atoms with Gasteiger partial charge in [0.1, 0.15) is 5.82 Å². The van der Waals surface area contributed by atoms with Gasteiger partial charge in [-0.15, -0.1) is 0 Å². The fourth-order valence-electron chi connectivity index (χ4n) is 1.41. The van der Waals surface area contributed by atoms with E-state index < -0.39 is 0 Å². The van der Waals surface area contributed by atoms with Crippen molar-refractivity contribution >= 4 is 44.7 Å². The lowest BCUT2D eigenvalue weighted by atomic mass is 10.3. The Kier molecular flexibility index (Phi) is 3.93. The molecule has 4 nitrogen and oxygen atoms in total. The Hall–Kier alpha value is -1.46. The number of nitrogens with two attached hydrogens (primary N) is 1. The molecular formula is C12H11BrClN3O. The van der Waals surface area contributed by atoms with E-state index in [0.717, 1.165) is 10.2 Å². The lowest BCUT2D eigenvalue weighted by Crippen LogP contribution is -1.99. The molecule has 1 aromatic carbocycles. The number of nitrogens with one attached hydrogen (secondary N) is 1. The topological polar surface area (TPSA) is 60.2 Å². The maximum Gasteiger partial charge on any atom is 0.238 e. The summed E-state index contributed by atoms with van der Waals surface area (Å²) in [6.07, 6.45) is 0. The van der Waals surface area contributed by atoms with Crippen molar-refractivity contribution in [3.63, 3.8) is 0 Å². The van der Waals surface area contributed by atoms with Crippen LogP contribution in [-0.4, -0.2) is 12.1 Å². The minimum atomic E-state index is 0.396. The van der Waals surface area contributed by atoms with Crippen molar-refractivity contribution in [3.8, 4) is 5.88 Å². The van der Waals surface area contributed by atoms with E-state index in [1.165, 1.54) is 7.11 Å². The highest BCUT2D eigenvalue weighted by molar-refractivity contribution is 9.10. The Bertz CT molecular complexity index is 577. The Balaban J connectivity index is 2.25. The average Bonchev–Trinajstić information content (AvgIpc) is 2.36. The lowest BCUT2D eigenvalue weighted by molar-refractivity contribution is 0.401. The van der Waals surface area contributed by atoms with Gasteiger partial charge in [-0.05, 0) is 46.3 Å². The number of aromatic nitrogens is 1. The van der Waals surface area contributed by atoms with Crippen LogP contribution in [-0.2, 0) is 0 Å². The monoisotopic (exact) mass is 327 g/mol. The van der Waals surface area contributed by atoms with Crippen LogP contribution in [0.1, 0.15) is 0 Å². The number of hydrogen-bond acceptors (Lipinski definition) is 4. The molecule has 0 aliphatic rings. The minimum absolute atomic E-state index is 0.396. The Labute approximate surface area is 118 Å². The molecule has 2 aromatic rings. The van der Waals surface area contributed by atoms with Gasteiger partial charge < -0.3 is 15.8 Å². The van der Waals surface area contributed by atoms with Gasteiger partial charge in [0.05, 0.1) is 17.8 Å². The maximum atomic E-state index is 5.93. The molecule has 0 saturated carbocycles. The van der Waals surface area contributed by atoms with Crippen molar-refractivity contribution in [2.75, 3.05) is 18.2 Å². The molecule has 0 atom stereocenters. The van der Waals surface area contributed by atoms with Crippen molar-refractivity contribution < 1.29 is 4.74 Å². The van der Waals surface area contributed by atoms with Crippen molar-refractivity contribution in [1.82, 2.24) is 4.98 Å². The summed E-state index contributed by atoms with van der Waals surface area (Å²) in [4.78, 5) is 4.23. The van der Waals surface area contributed by atoms with Crippen molar-refractivity contribution in [1.29, 1.82) is 0 Å². The molecular weight excluding hydrogens is 318 g/mol. The molecule has 0 radical (unpaired) electrons. The van der Waals surface area contributed by atoms with Gasteiger partial charge in [-0.1, -0.05) is 11.6 Å². The molecule has 0 amide bonds. The predicted octanol–water partition coefficient (Wildman–Crippen LogP) is 3.83. The Morgan fingerprint density at radius 1 is 1.33 bits per heavy atom. The summed E-state index contributed by atoms with van der Waals surface area (Å²) in [5, 5.41) is 3.79. The van der Waals surface area contributed by atoms with Crippen molar-refractivity contribution in [2.45, 2.75) is 0 Å². The third-order valence-electron chi connectivity index (χ3n) is 2.28. The third-order valence-corrected chi connectivity index (χ3v) is 3.49. The van der Waals surface area contributed by atoms with Crippen LogP contribution in [0.5, 0.6) is 5.88 Å². The Morgan fingerprint density at radius 3 is 2.78 bits per heavy atom. The summed E-state index contributed by atoms with van der Waals surface area (Å²) in [5.74, 6) is 1.04. The number of methoxy groups -OCH3 is 1. The predicted molar refractivity (Wildman–Crippen MR) is 77.6 cm³/mol. The molecule has 94 valence electrons. The van der Waals surface area contributed by atoms with Gasteiger partial charge in [-0.3, -0.25) is 0 Å². The first-order valence-corrected chi connectivity index (χ1v) is 6.30. The number of rotatable bonds is 3. The molecule has 0 bridgehead atoms. The van der Waals surface area contributed by atoms with Gasteiger partial charge in [0, 0.05) is 10.2 Å². The van der Waals surface area contributed by atoms with E-state index >= 15 is 0 Å². The van der Waals surface area contributed by atoms with Crippen LogP contribution in [0.3, 0.4) is 0 Å². The van der Waals surface area contributed by atoms with E-state index in [9.17, 15) is 0 Å². The van der Waals surface area contributed by atoms with E-state index in [-0.39, 0.29) is 0 Å². The standard InChI is InChI=1S/C12H11BrClN3O/c1-18-12-10(15)4-5-11(17-12)16-7-2-3-9(14)8(13)6-7/h2-6H,15H2,1H3,(H,16,17). The van der Waals surface area contributed by atoms with Crippen LogP contribution in [0.4, 0.5) is 17.2 Å². The van der Waals surface area contributed by atoms with Crippen molar-refractivity contribution in [3.05, 3.63) is 39.8 Å². The maximum absolute atomic E-state index is 5.93. The Morgan fingerprint density at radius 2 is 2.11 bits per heavy atom. The molecule has 0 saturated heterocycles.